The van der Waals surface area contributed by atoms with Crippen LogP contribution in [0.5, 0.6) is 0 Å². The molecular formula is C5H8Cl3NO2. The molecule has 0 fully saturated rings. The number of hydrogen-bond acceptors (Lipinski definition) is 2. The molecule has 66 valence electrons. The van der Waals surface area contributed by atoms with Crippen LogP contribution in [-0.2, 0) is 4.79 Å². The van der Waals surface area contributed by atoms with Crippen molar-refractivity contribution in [3.63, 3.8) is 0 Å². The van der Waals surface area contributed by atoms with Crippen LogP contribution in [0, 0.1) is 0 Å². The summed E-state index contributed by atoms with van der Waals surface area (Å²) in [6.07, 6.45) is 0.459. The summed E-state index contributed by atoms with van der Waals surface area (Å²) in [7, 11) is 0. The van der Waals surface area contributed by atoms with Crippen molar-refractivity contribution in [2.75, 3.05) is 13.2 Å². The van der Waals surface area contributed by atoms with E-state index in [9.17, 15) is 4.79 Å². The molecule has 11 heavy (non-hydrogen) atoms. The Hall–Kier alpha value is 0.300. The zero-order valence-electron chi connectivity index (χ0n) is 5.56. The number of carbonyl (C=O) groups is 1. The molecular weight excluding hydrogens is 212 g/mol. The van der Waals surface area contributed by atoms with Gasteiger partial charge >= 0.3 is 0 Å². The summed E-state index contributed by atoms with van der Waals surface area (Å²) >= 11 is 16.8. The second-order valence-electron chi connectivity index (χ2n) is 1.91. The number of nitrogens with one attached hydrogen (secondary N) is 1. The molecule has 0 heterocycles. The van der Waals surface area contributed by atoms with Crippen LogP contribution >= 0.6 is 34.8 Å². The van der Waals surface area contributed by atoms with Crippen LogP contribution in [0.2, 0.25) is 0 Å². The Morgan fingerprint density at radius 2 is 2.18 bits per heavy atom. The fourth-order valence-corrected chi connectivity index (χ4v) is 0.792. The Bertz CT molecular complexity index is 131. The molecule has 0 aliphatic rings. The van der Waals surface area contributed by atoms with E-state index in [0.717, 1.165) is 0 Å². The van der Waals surface area contributed by atoms with E-state index >= 15 is 0 Å². The van der Waals surface area contributed by atoms with Gasteiger partial charge in [0.15, 0.2) is 4.33 Å². The Morgan fingerprint density at radius 3 is 2.55 bits per heavy atom. The van der Waals surface area contributed by atoms with Gasteiger partial charge in [-0.05, 0) is 0 Å². The van der Waals surface area contributed by atoms with Crippen molar-refractivity contribution >= 4 is 41.2 Å². The van der Waals surface area contributed by atoms with E-state index in [1.54, 1.807) is 0 Å². The zero-order chi connectivity index (χ0) is 8.91. The molecule has 0 aromatic carbocycles. The van der Waals surface area contributed by atoms with Gasteiger partial charge < -0.3 is 10.4 Å². The molecule has 2 N–H and O–H groups in total. The van der Waals surface area contributed by atoms with Crippen molar-refractivity contribution in [1.82, 2.24) is 5.32 Å². The highest BCUT2D eigenvalue weighted by Gasteiger charge is 2.32. The van der Waals surface area contributed by atoms with Gasteiger partial charge in [-0.2, -0.15) is 0 Å². The van der Waals surface area contributed by atoms with Crippen LogP contribution in [0.1, 0.15) is 0 Å². The minimum atomic E-state index is -1.32. The van der Waals surface area contributed by atoms with E-state index in [0.29, 0.717) is 6.41 Å². The number of aliphatic hydroxyl groups is 1. The summed E-state index contributed by atoms with van der Waals surface area (Å²) < 4.78 is -1.32. The molecule has 1 amide bonds. The van der Waals surface area contributed by atoms with Crippen LogP contribution in [0.3, 0.4) is 0 Å². The first kappa shape index (κ1) is 11.3. The lowest BCUT2D eigenvalue weighted by molar-refractivity contribution is -0.109. The first-order valence-corrected chi connectivity index (χ1v) is 4.03. The van der Waals surface area contributed by atoms with Gasteiger partial charge in [-0.15, -0.1) is 11.6 Å². The highest BCUT2D eigenvalue weighted by molar-refractivity contribution is 6.52. The van der Waals surface area contributed by atoms with Crippen molar-refractivity contribution in [3.8, 4) is 0 Å². The molecule has 0 aromatic heterocycles. The van der Waals surface area contributed by atoms with Crippen molar-refractivity contribution in [2.45, 2.75) is 9.71 Å². The molecule has 0 aromatic rings. The lowest BCUT2D eigenvalue weighted by Crippen LogP contribution is -2.39. The van der Waals surface area contributed by atoms with Crippen LogP contribution in [0.15, 0.2) is 0 Å². The number of rotatable bonds is 5. The topological polar surface area (TPSA) is 49.3 Å². The fraction of sp³-hybridized carbons (Fsp3) is 0.800. The van der Waals surface area contributed by atoms with Gasteiger partial charge in [-0.25, -0.2) is 0 Å². The third-order valence-electron chi connectivity index (χ3n) is 1.04. The molecule has 0 bridgehead atoms. The lowest BCUT2D eigenvalue weighted by Gasteiger charge is -2.22. The van der Waals surface area contributed by atoms with Gasteiger partial charge in [0.2, 0.25) is 6.41 Å². The summed E-state index contributed by atoms with van der Waals surface area (Å²) in [6, 6.07) is 0. The summed E-state index contributed by atoms with van der Waals surface area (Å²) in [5.41, 5.74) is 0. The molecule has 0 saturated carbocycles. The van der Waals surface area contributed by atoms with E-state index in [2.05, 4.69) is 5.32 Å². The molecule has 0 saturated heterocycles. The van der Waals surface area contributed by atoms with Gasteiger partial charge in [0.25, 0.3) is 0 Å². The smallest absolute Gasteiger partial charge is 0.207 e. The molecule has 0 rings (SSSR count). The molecule has 1 atom stereocenters. The summed E-state index contributed by atoms with van der Waals surface area (Å²) in [4.78, 5) is 9.83. The molecule has 0 aliphatic heterocycles. The van der Waals surface area contributed by atoms with Crippen molar-refractivity contribution < 1.29 is 9.90 Å². The maximum atomic E-state index is 9.83. The summed E-state index contributed by atoms with van der Waals surface area (Å²) in [5.74, 6) is 0. The molecule has 6 heteroatoms. The van der Waals surface area contributed by atoms with E-state index in [-0.39, 0.29) is 13.2 Å². The minimum absolute atomic E-state index is 0.00827. The Kier molecular flexibility index (Phi) is 5.17. The number of amides is 1. The SMILES string of the molecule is O=CNCC(Cl)(Cl)C(Cl)CO. The normalized spacial score (nSPS) is 14.2. The van der Waals surface area contributed by atoms with Gasteiger partial charge in [0.05, 0.1) is 18.5 Å². The average Bonchev–Trinajstić information content (AvgIpc) is 1.99. The predicted molar refractivity (Wildman–Crippen MR) is 45.2 cm³/mol. The largest absolute Gasteiger partial charge is 0.395 e. The highest BCUT2D eigenvalue weighted by atomic mass is 35.5. The molecule has 3 nitrogen and oxygen atoms in total. The van der Waals surface area contributed by atoms with Gasteiger partial charge in [-0.3, -0.25) is 4.79 Å². The average molecular weight is 220 g/mol. The van der Waals surface area contributed by atoms with E-state index in [1.807, 2.05) is 0 Å². The Morgan fingerprint density at radius 1 is 1.64 bits per heavy atom. The van der Waals surface area contributed by atoms with Crippen molar-refractivity contribution in [1.29, 1.82) is 0 Å². The first-order valence-electron chi connectivity index (χ1n) is 2.84. The van der Waals surface area contributed by atoms with E-state index < -0.39 is 9.71 Å². The number of aliphatic hydroxyl groups excluding tert-OH is 1. The standard InChI is InChI=1S/C5H8Cl3NO2/c6-4(1-10)5(7,8)2-9-3-11/h3-4,10H,1-2H2,(H,9,11). The van der Waals surface area contributed by atoms with Crippen molar-refractivity contribution in [3.05, 3.63) is 0 Å². The molecule has 1 unspecified atom stereocenters. The number of carbonyl (C=O) groups excluding carboxylic acids is 1. The summed E-state index contributed by atoms with van der Waals surface area (Å²) in [5, 5.41) is 10.0. The quantitative estimate of drug-likeness (QED) is 0.524. The molecule has 0 aliphatic carbocycles. The molecule has 0 radical (unpaired) electrons. The van der Waals surface area contributed by atoms with E-state index in [4.69, 9.17) is 39.9 Å². The number of hydrogen-bond donors (Lipinski definition) is 2. The second kappa shape index (κ2) is 5.04. The zero-order valence-corrected chi connectivity index (χ0v) is 7.83. The highest BCUT2D eigenvalue weighted by Crippen LogP contribution is 2.28. The monoisotopic (exact) mass is 219 g/mol. The molecule has 0 spiro atoms. The first-order chi connectivity index (χ1) is 5.04. The Labute approximate surface area is 79.6 Å². The van der Waals surface area contributed by atoms with Gasteiger partial charge in [-0.1, -0.05) is 23.2 Å². The maximum Gasteiger partial charge on any atom is 0.207 e. The lowest BCUT2D eigenvalue weighted by atomic mass is 10.3. The van der Waals surface area contributed by atoms with Gasteiger partial charge in [0.1, 0.15) is 0 Å². The van der Waals surface area contributed by atoms with Crippen LogP contribution in [-0.4, -0.2) is 34.4 Å². The Balaban J connectivity index is 3.86. The predicted octanol–water partition coefficient (Wildman–Crippen LogP) is 0.506. The fourth-order valence-electron chi connectivity index (χ4n) is 0.422. The minimum Gasteiger partial charge on any atom is -0.395 e. The van der Waals surface area contributed by atoms with E-state index in [1.165, 1.54) is 0 Å². The van der Waals surface area contributed by atoms with Crippen LogP contribution in [0.4, 0.5) is 0 Å². The number of halogens is 3. The second-order valence-corrected chi connectivity index (χ2v) is 3.98. The maximum absolute atomic E-state index is 9.83. The third-order valence-corrected chi connectivity index (χ3v) is 2.57. The summed E-state index contributed by atoms with van der Waals surface area (Å²) in [6.45, 7) is -0.330. The van der Waals surface area contributed by atoms with Crippen molar-refractivity contribution in [2.24, 2.45) is 0 Å². The van der Waals surface area contributed by atoms with Gasteiger partial charge in [0, 0.05) is 0 Å². The van der Waals surface area contributed by atoms with Crippen LogP contribution < -0.4 is 5.32 Å². The third kappa shape index (κ3) is 4.01. The van der Waals surface area contributed by atoms with Crippen LogP contribution in [0.25, 0.3) is 0 Å². The number of alkyl halides is 3.